The first-order chi connectivity index (χ1) is 13.1. The van der Waals surface area contributed by atoms with E-state index in [1.54, 1.807) is 14.2 Å². The van der Waals surface area contributed by atoms with Gasteiger partial charge in [-0.05, 0) is 36.8 Å². The summed E-state index contributed by atoms with van der Waals surface area (Å²) in [7, 11) is 3.28. The molecular weight excluding hydrogens is 344 g/mol. The molecule has 0 saturated heterocycles. The van der Waals surface area contributed by atoms with Gasteiger partial charge in [-0.2, -0.15) is 0 Å². The fraction of sp³-hybridized carbons (Fsp3) is 0.381. The number of anilines is 1. The Balaban J connectivity index is 1.91. The van der Waals surface area contributed by atoms with Crippen molar-refractivity contribution in [1.82, 2.24) is 4.90 Å². The third-order valence-electron chi connectivity index (χ3n) is 4.81. The highest BCUT2D eigenvalue weighted by atomic mass is 16.5. The molecule has 2 aromatic rings. The summed E-state index contributed by atoms with van der Waals surface area (Å²) in [6, 6.07) is 15.4. The van der Waals surface area contributed by atoms with Crippen molar-refractivity contribution in [2.45, 2.75) is 12.6 Å². The Kier molecular flexibility index (Phi) is 5.98. The number of hydrogen-bond donors (Lipinski definition) is 1. The smallest absolute Gasteiger partial charge is 0.258 e. The summed E-state index contributed by atoms with van der Waals surface area (Å²) in [6.07, 6.45) is 0. The van der Waals surface area contributed by atoms with Crippen LogP contribution >= 0.6 is 0 Å². The lowest BCUT2D eigenvalue weighted by Gasteiger charge is -2.46. The van der Waals surface area contributed by atoms with Crippen LogP contribution in [0, 0.1) is 0 Å². The zero-order valence-corrected chi connectivity index (χ0v) is 16.0. The first kappa shape index (κ1) is 19.2. The number of rotatable bonds is 8. The van der Waals surface area contributed by atoms with Crippen molar-refractivity contribution in [2.24, 2.45) is 0 Å². The maximum absolute atomic E-state index is 13.1. The predicted molar refractivity (Wildman–Crippen MR) is 104 cm³/mol. The second-order valence-electron chi connectivity index (χ2n) is 6.56. The maximum Gasteiger partial charge on any atom is 0.258 e. The van der Waals surface area contributed by atoms with E-state index < -0.39 is 5.66 Å². The first-order valence-electron chi connectivity index (χ1n) is 9.00. The number of methoxy groups -OCH3 is 2. The standard InChI is InChI=1S/C21H26N2O4/c1-21(16-8-10-17(11-9-16)27-15-14-26-3)22-19-7-5-4-6-18(19)20(24)23(21)12-13-25-2/h4-11,22H,12-15H2,1-3H3. The van der Waals surface area contributed by atoms with Crippen LogP contribution in [0.4, 0.5) is 5.69 Å². The Hall–Kier alpha value is -2.57. The van der Waals surface area contributed by atoms with E-state index in [1.165, 1.54) is 0 Å². The number of amides is 1. The maximum atomic E-state index is 13.1. The lowest BCUT2D eigenvalue weighted by Crippen LogP contribution is -2.56. The van der Waals surface area contributed by atoms with Crippen LogP contribution in [0.1, 0.15) is 22.8 Å². The molecule has 1 aliphatic heterocycles. The number of carbonyl (C=O) groups is 1. The Morgan fingerprint density at radius 3 is 2.37 bits per heavy atom. The molecule has 2 aromatic carbocycles. The molecule has 0 bridgehead atoms. The van der Waals surface area contributed by atoms with E-state index in [1.807, 2.05) is 60.4 Å². The predicted octanol–water partition coefficient (Wildman–Crippen LogP) is 3.10. The minimum Gasteiger partial charge on any atom is -0.491 e. The molecule has 0 aliphatic carbocycles. The van der Waals surface area contributed by atoms with Gasteiger partial charge in [-0.25, -0.2) is 0 Å². The number of carbonyl (C=O) groups excluding carboxylic acids is 1. The number of benzene rings is 2. The molecule has 0 aromatic heterocycles. The quantitative estimate of drug-likeness (QED) is 0.724. The van der Waals surface area contributed by atoms with Crippen LogP contribution < -0.4 is 10.1 Å². The Labute approximate surface area is 160 Å². The molecule has 0 saturated carbocycles. The van der Waals surface area contributed by atoms with Crippen LogP contribution in [-0.4, -0.2) is 51.4 Å². The van der Waals surface area contributed by atoms with E-state index in [0.717, 1.165) is 17.0 Å². The van der Waals surface area contributed by atoms with Gasteiger partial charge in [0, 0.05) is 26.5 Å². The SMILES string of the molecule is COCCOc1ccc(C2(C)Nc3ccccc3C(=O)N2CCOC)cc1. The molecule has 1 amide bonds. The first-order valence-corrected chi connectivity index (χ1v) is 9.00. The number of ether oxygens (including phenoxy) is 3. The molecule has 6 nitrogen and oxygen atoms in total. The molecule has 144 valence electrons. The van der Waals surface area contributed by atoms with Gasteiger partial charge in [-0.15, -0.1) is 0 Å². The monoisotopic (exact) mass is 370 g/mol. The summed E-state index contributed by atoms with van der Waals surface area (Å²) in [5.41, 5.74) is 1.79. The summed E-state index contributed by atoms with van der Waals surface area (Å²) in [5, 5.41) is 3.54. The third kappa shape index (κ3) is 3.91. The minimum absolute atomic E-state index is 0.00989. The van der Waals surface area contributed by atoms with Gasteiger partial charge in [0.2, 0.25) is 0 Å². The van der Waals surface area contributed by atoms with Crippen molar-refractivity contribution in [3.63, 3.8) is 0 Å². The van der Waals surface area contributed by atoms with Crippen LogP contribution in [0.2, 0.25) is 0 Å². The molecule has 1 heterocycles. The number of nitrogens with one attached hydrogen (secondary N) is 1. The molecule has 0 radical (unpaired) electrons. The summed E-state index contributed by atoms with van der Waals surface area (Å²) in [5.74, 6) is 0.759. The van der Waals surface area contributed by atoms with E-state index in [4.69, 9.17) is 14.2 Å². The fourth-order valence-corrected chi connectivity index (χ4v) is 3.31. The van der Waals surface area contributed by atoms with Crippen molar-refractivity contribution in [2.75, 3.05) is 45.9 Å². The molecule has 6 heteroatoms. The second-order valence-corrected chi connectivity index (χ2v) is 6.56. The minimum atomic E-state index is -0.685. The summed E-state index contributed by atoms with van der Waals surface area (Å²) in [6.45, 7) is 3.99. The highest BCUT2D eigenvalue weighted by Gasteiger charge is 2.42. The van der Waals surface area contributed by atoms with Crippen molar-refractivity contribution in [1.29, 1.82) is 0 Å². The lowest BCUT2D eigenvalue weighted by atomic mass is 9.93. The molecule has 1 unspecified atom stereocenters. The molecule has 0 fully saturated rings. The van der Waals surface area contributed by atoms with E-state index in [-0.39, 0.29) is 5.91 Å². The van der Waals surface area contributed by atoms with E-state index in [2.05, 4.69) is 5.32 Å². The van der Waals surface area contributed by atoms with Crippen LogP contribution in [0.3, 0.4) is 0 Å². The van der Waals surface area contributed by atoms with Crippen LogP contribution in [0.5, 0.6) is 5.75 Å². The van der Waals surface area contributed by atoms with Crippen LogP contribution in [0.15, 0.2) is 48.5 Å². The molecule has 1 aliphatic rings. The van der Waals surface area contributed by atoms with Gasteiger partial charge in [0.05, 0.1) is 18.8 Å². The zero-order chi connectivity index (χ0) is 19.3. The van der Waals surface area contributed by atoms with Gasteiger partial charge in [0.15, 0.2) is 0 Å². The molecule has 27 heavy (non-hydrogen) atoms. The molecular formula is C21H26N2O4. The largest absolute Gasteiger partial charge is 0.491 e. The van der Waals surface area contributed by atoms with Crippen LogP contribution in [-0.2, 0) is 15.1 Å². The number of nitrogens with zero attached hydrogens (tertiary/aromatic N) is 1. The van der Waals surface area contributed by atoms with Crippen molar-refractivity contribution in [3.05, 3.63) is 59.7 Å². The van der Waals surface area contributed by atoms with Gasteiger partial charge >= 0.3 is 0 Å². The zero-order valence-electron chi connectivity index (χ0n) is 16.0. The Bertz CT molecular complexity index is 778. The summed E-state index contributed by atoms with van der Waals surface area (Å²) in [4.78, 5) is 15.0. The van der Waals surface area contributed by atoms with Gasteiger partial charge in [0.1, 0.15) is 18.0 Å². The molecule has 3 rings (SSSR count). The number of hydrogen-bond acceptors (Lipinski definition) is 5. The summed E-state index contributed by atoms with van der Waals surface area (Å²) < 4.78 is 15.9. The molecule has 0 spiro atoms. The second kappa shape index (κ2) is 8.41. The summed E-state index contributed by atoms with van der Waals surface area (Å²) >= 11 is 0. The van der Waals surface area contributed by atoms with Crippen molar-refractivity contribution < 1.29 is 19.0 Å². The van der Waals surface area contributed by atoms with Gasteiger partial charge < -0.3 is 24.4 Å². The fourth-order valence-electron chi connectivity index (χ4n) is 3.31. The van der Waals surface area contributed by atoms with Crippen molar-refractivity contribution in [3.8, 4) is 5.75 Å². The van der Waals surface area contributed by atoms with E-state index in [9.17, 15) is 4.79 Å². The topological polar surface area (TPSA) is 60.0 Å². The van der Waals surface area contributed by atoms with Gasteiger partial charge in [-0.3, -0.25) is 4.79 Å². The van der Waals surface area contributed by atoms with Crippen LogP contribution in [0.25, 0.3) is 0 Å². The van der Waals surface area contributed by atoms with Gasteiger partial charge in [-0.1, -0.05) is 24.3 Å². The third-order valence-corrected chi connectivity index (χ3v) is 4.81. The highest BCUT2D eigenvalue weighted by molar-refractivity contribution is 6.02. The van der Waals surface area contributed by atoms with Crippen molar-refractivity contribution >= 4 is 11.6 Å². The average Bonchev–Trinajstić information content (AvgIpc) is 2.68. The van der Waals surface area contributed by atoms with E-state index in [0.29, 0.717) is 31.9 Å². The highest BCUT2D eigenvalue weighted by Crippen LogP contribution is 2.38. The van der Waals surface area contributed by atoms with Gasteiger partial charge in [0.25, 0.3) is 5.91 Å². The number of para-hydroxylation sites is 1. The molecule has 1 N–H and O–H groups in total. The normalized spacial score (nSPS) is 18.8. The molecule has 1 atom stereocenters. The average molecular weight is 370 g/mol. The Morgan fingerprint density at radius 2 is 1.67 bits per heavy atom. The Morgan fingerprint density at radius 1 is 0.963 bits per heavy atom. The number of fused-ring (bicyclic) bond motifs is 1. The van der Waals surface area contributed by atoms with E-state index >= 15 is 0 Å². The lowest BCUT2D eigenvalue weighted by molar-refractivity contribution is 0.0438.